The van der Waals surface area contributed by atoms with E-state index in [1.807, 2.05) is 35.7 Å². The number of benzene rings is 1. The first-order chi connectivity index (χ1) is 13.5. The molecule has 2 aromatic heterocycles. The third kappa shape index (κ3) is 3.46. The van der Waals surface area contributed by atoms with Crippen LogP contribution < -0.4 is 9.64 Å². The summed E-state index contributed by atoms with van der Waals surface area (Å²) in [7, 11) is 0. The van der Waals surface area contributed by atoms with Crippen LogP contribution in [0, 0.1) is 0 Å². The van der Waals surface area contributed by atoms with Crippen molar-refractivity contribution in [2.75, 3.05) is 11.4 Å². The fourth-order valence-electron chi connectivity index (χ4n) is 3.02. The van der Waals surface area contributed by atoms with Gasteiger partial charge in [0, 0.05) is 23.7 Å². The summed E-state index contributed by atoms with van der Waals surface area (Å²) in [6.07, 6.45) is 0.935. The molecule has 28 heavy (non-hydrogen) atoms. The van der Waals surface area contributed by atoms with E-state index in [9.17, 15) is 9.59 Å². The Hall–Kier alpha value is -3.26. The molecular weight excluding hydrogens is 378 g/mol. The second kappa shape index (κ2) is 7.40. The molecule has 1 atom stereocenters. The zero-order valence-electron chi connectivity index (χ0n) is 15.0. The molecule has 1 aliphatic rings. The lowest BCUT2D eigenvalue weighted by molar-refractivity contribution is -0.136. The monoisotopic (exact) mass is 395 g/mol. The SMILES string of the molecule is CC1Oc2ccc(-c3csc(-c4ccccn4)n3)cc2N(CCC(=O)O)C1=O. The van der Waals surface area contributed by atoms with Gasteiger partial charge in [-0.25, -0.2) is 4.98 Å². The van der Waals surface area contributed by atoms with Gasteiger partial charge in [-0.15, -0.1) is 11.3 Å². The number of rotatable bonds is 5. The number of carbonyl (C=O) groups is 2. The summed E-state index contributed by atoms with van der Waals surface area (Å²) in [6, 6.07) is 11.2. The Labute approximate surface area is 165 Å². The predicted molar refractivity (Wildman–Crippen MR) is 105 cm³/mol. The topological polar surface area (TPSA) is 92.6 Å². The Balaban J connectivity index is 1.69. The maximum absolute atomic E-state index is 12.5. The number of carboxylic acids is 1. The summed E-state index contributed by atoms with van der Waals surface area (Å²) in [4.78, 5) is 34.0. The summed E-state index contributed by atoms with van der Waals surface area (Å²) < 4.78 is 5.68. The Morgan fingerprint density at radius 1 is 1.29 bits per heavy atom. The standard InChI is InChI=1S/C20H17N3O4S/c1-12-20(26)23(9-7-18(24)25)16-10-13(5-6-17(16)27-12)15-11-28-19(22-15)14-4-2-3-8-21-14/h2-6,8,10-12H,7,9H2,1H3,(H,24,25). The molecule has 3 heterocycles. The van der Waals surface area contributed by atoms with Gasteiger partial charge in [0.25, 0.3) is 5.91 Å². The van der Waals surface area contributed by atoms with Crippen molar-refractivity contribution in [2.24, 2.45) is 0 Å². The quantitative estimate of drug-likeness (QED) is 0.711. The smallest absolute Gasteiger partial charge is 0.305 e. The molecule has 7 nitrogen and oxygen atoms in total. The fraction of sp³-hybridized carbons (Fsp3) is 0.200. The van der Waals surface area contributed by atoms with Gasteiger partial charge >= 0.3 is 5.97 Å². The fourth-order valence-corrected chi connectivity index (χ4v) is 3.82. The Bertz CT molecular complexity index is 1030. The lowest BCUT2D eigenvalue weighted by atomic mass is 10.1. The molecule has 0 bridgehead atoms. The second-order valence-corrected chi connectivity index (χ2v) is 7.19. The number of hydrogen-bond acceptors (Lipinski definition) is 6. The number of aromatic nitrogens is 2. The molecule has 3 aromatic rings. The molecule has 0 radical (unpaired) electrons. The van der Waals surface area contributed by atoms with Gasteiger partial charge in [-0.05, 0) is 37.3 Å². The number of fused-ring (bicyclic) bond motifs is 1. The van der Waals surface area contributed by atoms with Crippen LogP contribution in [0.15, 0.2) is 48.0 Å². The highest BCUT2D eigenvalue weighted by Gasteiger charge is 2.32. The van der Waals surface area contributed by atoms with E-state index in [1.54, 1.807) is 19.2 Å². The number of anilines is 1. The normalized spacial score (nSPS) is 15.8. The van der Waals surface area contributed by atoms with Crippen molar-refractivity contribution in [2.45, 2.75) is 19.4 Å². The van der Waals surface area contributed by atoms with E-state index in [0.717, 1.165) is 22.0 Å². The number of amides is 1. The van der Waals surface area contributed by atoms with E-state index in [1.165, 1.54) is 16.2 Å². The minimum absolute atomic E-state index is 0.0918. The van der Waals surface area contributed by atoms with Crippen molar-refractivity contribution in [3.8, 4) is 27.7 Å². The van der Waals surface area contributed by atoms with E-state index >= 15 is 0 Å². The van der Waals surface area contributed by atoms with E-state index < -0.39 is 12.1 Å². The zero-order valence-corrected chi connectivity index (χ0v) is 15.8. The summed E-state index contributed by atoms with van der Waals surface area (Å²) >= 11 is 1.49. The number of thiazole rings is 1. The molecule has 0 fully saturated rings. The van der Waals surface area contributed by atoms with Crippen LogP contribution in [-0.4, -0.2) is 39.6 Å². The number of carbonyl (C=O) groups excluding carboxylic acids is 1. The van der Waals surface area contributed by atoms with Crippen LogP contribution in [0.2, 0.25) is 0 Å². The van der Waals surface area contributed by atoms with Gasteiger partial charge in [0.05, 0.1) is 23.5 Å². The predicted octanol–water partition coefficient (Wildman–Crippen LogP) is 3.46. The number of aliphatic carboxylic acids is 1. The summed E-state index contributed by atoms with van der Waals surface area (Å²) in [5.74, 6) is -0.649. The summed E-state index contributed by atoms with van der Waals surface area (Å²) in [5.41, 5.74) is 2.95. The Morgan fingerprint density at radius 3 is 2.89 bits per heavy atom. The molecule has 0 saturated heterocycles. The lowest BCUT2D eigenvalue weighted by Gasteiger charge is -2.33. The van der Waals surface area contributed by atoms with Gasteiger partial charge in [-0.1, -0.05) is 6.07 Å². The van der Waals surface area contributed by atoms with Gasteiger partial charge in [0.2, 0.25) is 0 Å². The highest BCUT2D eigenvalue weighted by molar-refractivity contribution is 7.13. The van der Waals surface area contributed by atoms with E-state index in [2.05, 4.69) is 9.97 Å². The minimum Gasteiger partial charge on any atom is -0.481 e. The van der Waals surface area contributed by atoms with Crippen LogP contribution >= 0.6 is 11.3 Å². The van der Waals surface area contributed by atoms with Gasteiger partial charge in [0.15, 0.2) is 6.10 Å². The molecule has 1 unspecified atom stereocenters. The third-order valence-electron chi connectivity index (χ3n) is 4.40. The minimum atomic E-state index is -0.954. The largest absolute Gasteiger partial charge is 0.481 e. The summed E-state index contributed by atoms with van der Waals surface area (Å²) in [5, 5.41) is 11.7. The number of carboxylic acid groups (broad SMARTS) is 1. The van der Waals surface area contributed by atoms with Crippen LogP contribution in [0.4, 0.5) is 5.69 Å². The average Bonchev–Trinajstić information content (AvgIpc) is 3.19. The van der Waals surface area contributed by atoms with Crippen LogP contribution in [0.5, 0.6) is 5.75 Å². The molecule has 1 aliphatic heterocycles. The maximum atomic E-state index is 12.5. The van der Waals surface area contributed by atoms with Crippen molar-refractivity contribution in [3.05, 3.63) is 48.0 Å². The number of nitrogens with zero attached hydrogens (tertiary/aromatic N) is 3. The van der Waals surface area contributed by atoms with Crippen molar-refractivity contribution >= 4 is 28.9 Å². The third-order valence-corrected chi connectivity index (χ3v) is 5.27. The molecule has 0 aliphatic carbocycles. The highest BCUT2D eigenvalue weighted by Crippen LogP contribution is 2.38. The van der Waals surface area contributed by atoms with E-state index in [4.69, 9.17) is 9.84 Å². The molecule has 142 valence electrons. The van der Waals surface area contributed by atoms with Crippen molar-refractivity contribution in [3.63, 3.8) is 0 Å². The zero-order chi connectivity index (χ0) is 19.7. The number of ether oxygens (including phenoxy) is 1. The molecule has 8 heteroatoms. The Kier molecular flexibility index (Phi) is 4.79. The van der Waals surface area contributed by atoms with Gasteiger partial charge < -0.3 is 14.7 Å². The molecule has 0 spiro atoms. The number of hydrogen-bond donors (Lipinski definition) is 1. The number of pyridine rings is 1. The molecule has 1 amide bonds. The van der Waals surface area contributed by atoms with E-state index in [-0.39, 0.29) is 18.9 Å². The maximum Gasteiger partial charge on any atom is 0.305 e. The average molecular weight is 395 g/mol. The van der Waals surface area contributed by atoms with Crippen LogP contribution in [0.25, 0.3) is 22.0 Å². The summed E-state index contributed by atoms with van der Waals surface area (Å²) in [6.45, 7) is 1.75. The van der Waals surface area contributed by atoms with Crippen molar-refractivity contribution < 1.29 is 19.4 Å². The van der Waals surface area contributed by atoms with Crippen molar-refractivity contribution in [1.29, 1.82) is 0 Å². The van der Waals surface area contributed by atoms with Crippen molar-refractivity contribution in [1.82, 2.24) is 9.97 Å². The molecule has 1 aromatic carbocycles. The van der Waals surface area contributed by atoms with Crippen LogP contribution in [-0.2, 0) is 9.59 Å². The van der Waals surface area contributed by atoms with Gasteiger partial charge in [-0.2, -0.15) is 0 Å². The second-order valence-electron chi connectivity index (χ2n) is 6.33. The Morgan fingerprint density at radius 2 is 2.14 bits per heavy atom. The van der Waals surface area contributed by atoms with Crippen LogP contribution in [0.1, 0.15) is 13.3 Å². The first-order valence-corrected chi connectivity index (χ1v) is 9.62. The molecule has 0 saturated carbocycles. The van der Waals surface area contributed by atoms with Gasteiger partial charge in [0.1, 0.15) is 10.8 Å². The first kappa shape index (κ1) is 18.1. The highest BCUT2D eigenvalue weighted by atomic mass is 32.1. The van der Waals surface area contributed by atoms with Crippen LogP contribution in [0.3, 0.4) is 0 Å². The molecule has 4 rings (SSSR count). The van der Waals surface area contributed by atoms with E-state index in [0.29, 0.717) is 11.4 Å². The molecule has 1 N–H and O–H groups in total. The first-order valence-electron chi connectivity index (χ1n) is 8.74. The van der Waals surface area contributed by atoms with Gasteiger partial charge in [-0.3, -0.25) is 14.6 Å². The molecular formula is C20H17N3O4S. The lowest BCUT2D eigenvalue weighted by Crippen LogP contribution is -2.45.